The van der Waals surface area contributed by atoms with Gasteiger partial charge in [0, 0.05) is 18.9 Å². The fourth-order valence-corrected chi connectivity index (χ4v) is 2.52. The molecule has 1 aromatic carbocycles. The van der Waals surface area contributed by atoms with Gasteiger partial charge in [-0.1, -0.05) is 0 Å². The summed E-state index contributed by atoms with van der Waals surface area (Å²) >= 11 is 0. The van der Waals surface area contributed by atoms with Crippen LogP contribution >= 0.6 is 0 Å². The molecule has 2 heterocycles. The van der Waals surface area contributed by atoms with Crippen LogP contribution in [0.15, 0.2) is 42.9 Å². The number of nitrogens with two attached hydrogens (primary N) is 1. The lowest BCUT2D eigenvalue weighted by atomic mass is 10.1. The van der Waals surface area contributed by atoms with Crippen LogP contribution in [0.25, 0.3) is 5.69 Å². The minimum absolute atomic E-state index is 0.197. The minimum atomic E-state index is -0.371. The largest absolute Gasteiger partial charge is 0.382 e. The zero-order valence-corrected chi connectivity index (χ0v) is 14.3. The SMILES string of the molecule is N#Cc1c(CCCNC(=O)c2cnccn2)nn(-c2ccc(F)cc2)c1N. The van der Waals surface area contributed by atoms with Crippen molar-refractivity contribution in [1.29, 1.82) is 5.26 Å². The number of carbonyl (C=O) groups excluding carboxylic acids is 1. The van der Waals surface area contributed by atoms with E-state index >= 15 is 0 Å². The smallest absolute Gasteiger partial charge is 0.271 e. The Morgan fingerprint density at radius 2 is 2.07 bits per heavy atom. The highest BCUT2D eigenvalue weighted by molar-refractivity contribution is 5.91. The molecule has 0 aliphatic rings. The third kappa shape index (κ3) is 4.07. The van der Waals surface area contributed by atoms with Gasteiger partial charge in [0.15, 0.2) is 0 Å². The van der Waals surface area contributed by atoms with Crippen molar-refractivity contribution in [3.05, 3.63) is 65.6 Å². The third-order valence-electron chi connectivity index (χ3n) is 3.85. The number of amides is 1. The zero-order valence-electron chi connectivity index (χ0n) is 14.3. The molecule has 0 atom stereocenters. The lowest BCUT2D eigenvalue weighted by molar-refractivity contribution is 0.0948. The van der Waals surface area contributed by atoms with E-state index in [1.54, 1.807) is 0 Å². The number of rotatable bonds is 6. The predicted octanol–water partition coefficient (Wildman–Crippen LogP) is 1.62. The van der Waals surface area contributed by atoms with E-state index in [1.165, 1.54) is 47.5 Å². The van der Waals surface area contributed by atoms with Crippen molar-refractivity contribution in [3.63, 3.8) is 0 Å². The molecule has 3 N–H and O–H groups in total. The number of nitriles is 1. The number of halogens is 1. The maximum atomic E-state index is 13.1. The van der Waals surface area contributed by atoms with Crippen LogP contribution < -0.4 is 11.1 Å². The first-order valence-corrected chi connectivity index (χ1v) is 8.17. The van der Waals surface area contributed by atoms with Gasteiger partial charge >= 0.3 is 0 Å². The molecule has 0 unspecified atom stereocenters. The van der Waals surface area contributed by atoms with Crippen molar-refractivity contribution >= 4 is 11.7 Å². The number of benzene rings is 1. The Kier molecular flexibility index (Phi) is 5.37. The van der Waals surface area contributed by atoms with Gasteiger partial charge in [-0.3, -0.25) is 9.78 Å². The first-order chi connectivity index (χ1) is 13.1. The number of nitrogens with zero attached hydrogens (tertiary/aromatic N) is 5. The average Bonchev–Trinajstić information content (AvgIpc) is 3.01. The number of aromatic nitrogens is 4. The topological polar surface area (TPSA) is 123 Å². The van der Waals surface area contributed by atoms with E-state index in [0.717, 1.165) is 0 Å². The summed E-state index contributed by atoms with van der Waals surface area (Å²) in [7, 11) is 0. The predicted molar refractivity (Wildman–Crippen MR) is 95.3 cm³/mol. The van der Waals surface area contributed by atoms with E-state index in [1.807, 2.05) is 0 Å². The Labute approximate surface area is 154 Å². The van der Waals surface area contributed by atoms with E-state index in [4.69, 9.17) is 5.73 Å². The van der Waals surface area contributed by atoms with E-state index in [-0.39, 0.29) is 28.8 Å². The van der Waals surface area contributed by atoms with Crippen molar-refractivity contribution in [1.82, 2.24) is 25.1 Å². The molecule has 3 aromatic rings. The molecule has 27 heavy (non-hydrogen) atoms. The lowest BCUT2D eigenvalue weighted by Gasteiger charge is -2.04. The highest BCUT2D eigenvalue weighted by atomic mass is 19.1. The molecule has 0 spiro atoms. The van der Waals surface area contributed by atoms with Crippen molar-refractivity contribution < 1.29 is 9.18 Å². The fourth-order valence-electron chi connectivity index (χ4n) is 2.52. The molecule has 1 amide bonds. The molecule has 0 saturated carbocycles. The third-order valence-corrected chi connectivity index (χ3v) is 3.85. The van der Waals surface area contributed by atoms with Gasteiger partial charge in [-0.05, 0) is 37.1 Å². The number of aryl methyl sites for hydroxylation is 1. The van der Waals surface area contributed by atoms with Crippen LogP contribution in [-0.2, 0) is 6.42 Å². The normalized spacial score (nSPS) is 10.4. The van der Waals surface area contributed by atoms with Crippen LogP contribution in [0.5, 0.6) is 0 Å². The second-order valence-corrected chi connectivity index (χ2v) is 5.66. The monoisotopic (exact) mass is 365 g/mol. The number of nitrogen functional groups attached to an aromatic ring is 1. The highest BCUT2D eigenvalue weighted by Crippen LogP contribution is 2.21. The Balaban J connectivity index is 1.65. The number of anilines is 1. The van der Waals surface area contributed by atoms with E-state index < -0.39 is 0 Å². The number of carbonyl (C=O) groups is 1. The van der Waals surface area contributed by atoms with Gasteiger partial charge in [-0.2, -0.15) is 10.4 Å². The molecule has 0 radical (unpaired) electrons. The van der Waals surface area contributed by atoms with E-state index in [0.29, 0.717) is 30.8 Å². The van der Waals surface area contributed by atoms with Crippen molar-refractivity contribution in [3.8, 4) is 11.8 Å². The van der Waals surface area contributed by atoms with Gasteiger partial charge in [-0.25, -0.2) is 14.1 Å². The zero-order chi connectivity index (χ0) is 19.2. The van der Waals surface area contributed by atoms with Gasteiger partial charge in [0.2, 0.25) is 0 Å². The average molecular weight is 365 g/mol. The summed E-state index contributed by atoms with van der Waals surface area (Å²) in [6, 6.07) is 7.71. The van der Waals surface area contributed by atoms with Gasteiger partial charge in [-0.15, -0.1) is 0 Å². The molecule has 2 aromatic heterocycles. The molecule has 3 rings (SSSR count). The van der Waals surface area contributed by atoms with Gasteiger partial charge < -0.3 is 11.1 Å². The molecule has 0 fully saturated rings. The Morgan fingerprint density at radius 1 is 1.30 bits per heavy atom. The van der Waals surface area contributed by atoms with Crippen molar-refractivity contribution in [2.24, 2.45) is 0 Å². The van der Waals surface area contributed by atoms with Crippen molar-refractivity contribution in [2.75, 3.05) is 12.3 Å². The first-order valence-electron chi connectivity index (χ1n) is 8.17. The maximum Gasteiger partial charge on any atom is 0.271 e. The second-order valence-electron chi connectivity index (χ2n) is 5.66. The van der Waals surface area contributed by atoms with Gasteiger partial charge in [0.25, 0.3) is 5.91 Å². The second kappa shape index (κ2) is 8.05. The summed E-state index contributed by atoms with van der Waals surface area (Å²) in [4.78, 5) is 19.7. The molecule has 0 saturated heterocycles. The lowest BCUT2D eigenvalue weighted by Crippen LogP contribution is -2.25. The molecule has 9 heteroatoms. The summed E-state index contributed by atoms with van der Waals surface area (Å²) in [5.41, 5.74) is 7.61. The Morgan fingerprint density at radius 3 is 2.74 bits per heavy atom. The van der Waals surface area contributed by atoms with Crippen LogP contribution in [0.3, 0.4) is 0 Å². The fraction of sp³-hybridized carbons (Fsp3) is 0.167. The molecule has 0 bridgehead atoms. The Hall–Kier alpha value is -3.80. The summed E-state index contributed by atoms with van der Waals surface area (Å²) < 4.78 is 14.5. The van der Waals surface area contributed by atoms with E-state index in [2.05, 4.69) is 26.5 Å². The number of nitrogens with one attached hydrogen (secondary N) is 1. The minimum Gasteiger partial charge on any atom is -0.382 e. The van der Waals surface area contributed by atoms with Crippen molar-refractivity contribution in [2.45, 2.75) is 12.8 Å². The van der Waals surface area contributed by atoms with Crippen LogP contribution in [0, 0.1) is 17.1 Å². The molecule has 136 valence electrons. The van der Waals surface area contributed by atoms with Gasteiger partial charge in [0.1, 0.15) is 29.0 Å². The number of hydrogen-bond acceptors (Lipinski definition) is 6. The highest BCUT2D eigenvalue weighted by Gasteiger charge is 2.16. The van der Waals surface area contributed by atoms with Crippen LogP contribution in [0.2, 0.25) is 0 Å². The maximum absolute atomic E-state index is 13.1. The summed E-state index contributed by atoms with van der Waals surface area (Å²) in [6.07, 6.45) is 5.32. The van der Waals surface area contributed by atoms with Crippen LogP contribution in [-0.4, -0.2) is 32.2 Å². The molecule has 8 nitrogen and oxygen atoms in total. The molecular formula is C18H16FN7O. The molecule has 0 aliphatic carbocycles. The van der Waals surface area contributed by atoms with Gasteiger partial charge in [0.05, 0.1) is 17.6 Å². The Bertz CT molecular complexity index is 977. The quantitative estimate of drug-likeness (QED) is 0.640. The summed E-state index contributed by atoms with van der Waals surface area (Å²) in [6.45, 7) is 0.379. The number of hydrogen-bond donors (Lipinski definition) is 2. The molecular weight excluding hydrogens is 349 g/mol. The standard InChI is InChI=1S/C18H16FN7O/c19-12-3-5-13(6-4-12)26-17(21)14(10-20)15(25-26)2-1-7-24-18(27)16-11-22-8-9-23-16/h3-6,8-9,11H,1-2,7,21H2,(H,24,27). The first kappa shape index (κ1) is 18.0. The van der Waals surface area contributed by atoms with Crippen LogP contribution in [0.1, 0.15) is 28.2 Å². The summed E-state index contributed by atoms with van der Waals surface area (Å²) in [5.74, 6) is -0.494. The van der Waals surface area contributed by atoms with E-state index in [9.17, 15) is 14.4 Å². The van der Waals surface area contributed by atoms with Crippen LogP contribution in [0.4, 0.5) is 10.2 Å². The summed E-state index contributed by atoms with van der Waals surface area (Å²) in [5, 5.41) is 16.5. The molecule has 0 aliphatic heterocycles.